The highest BCUT2D eigenvalue weighted by Gasteiger charge is 2.34. The molecular formula is C19H32N4O9. The summed E-state index contributed by atoms with van der Waals surface area (Å²) < 4.78 is 0. The minimum Gasteiger partial charge on any atom is -0.481 e. The van der Waals surface area contributed by atoms with E-state index in [0.29, 0.717) is 6.42 Å². The smallest absolute Gasteiger partial charge is 0.326 e. The van der Waals surface area contributed by atoms with Crippen LogP contribution in [-0.2, 0) is 28.8 Å². The fourth-order valence-corrected chi connectivity index (χ4v) is 2.55. The number of amides is 3. The molecule has 0 saturated heterocycles. The zero-order valence-corrected chi connectivity index (χ0v) is 18.5. The van der Waals surface area contributed by atoms with Gasteiger partial charge in [0.05, 0.1) is 18.9 Å². The van der Waals surface area contributed by atoms with Gasteiger partial charge >= 0.3 is 17.9 Å². The highest BCUT2D eigenvalue weighted by Crippen LogP contribution is 2.10. The van der Waals surface area contributed by atoms with Crippen LogP contribution in [0.25, 0.3) is 0 Å². The van der Waals surface area contributed by atoms with Gasteiger partial charge in [-0.3, -0.25) is 24.0 Å². The molecule has 0 heterocycles. The molecule has 32 heavy (non-hydrogen) atoms. The minimum absolute atomic E-state index is 0.288. The number of nitrogens with two attached hydrogens (primary N) is 1. The van der Waals surface area contributed by atoms with Gasteiger partial charge in [0.15, 0.2) is 0 Å². The molecule has 0 aliphatic heterocycles. The molecule has 5 atom stereocenters. The summed E-state index contributed by atoms with van der Waals surface area (Å²) in [6, 6.07) is -5.59. The number of nitrogens with one attached hydrogen (secondary N) is 3. The molecule has 0 aromatic carbocycles. The quantitative estimate of drug-likeness (QED) is 0.159. The predicted octanol–water partition coefficient (Wildman–Crippen LogP) is -1.50. The van der Waals surface area contributed by atoms with Gasteiger partial charge in [0.25, 0.3) is 0 Å². The molecule has 0 aromatic rings. The van der Waals surface area contributed by atoms with E-state index in [1.165, 1.54) is 0 Å². The van der Waals surface area contributed by atoms with E-state index in [9.17, 15) is 28.8 Å². The van der Waals surface area contributed by atoms with Crippen LogP contribution in [0.15, 0.2) is 0 Å². The average Bonchev–Trinajstić information content (AvgIpc) is 2.68. The van der Waals surface area contributed by atoms with E-state index in [1.807, 2.05) is 0 Å². The zero-order valence-electron chi connectivity index (χ0n) is 18.5. The molecule has 0 aromatic heterocycles. The number of carboxylic acid groups (broad SMARTS) is 3. The highest BCUT2D eigenvalue weighted by molar-refractivity contribution is 5.96. The number of carbonyl (C=O) groups excluding carboxylic acids is 3. The Morgan fingerprint density at radius 3 is 1.62 bits per heavy atom. The number of aliphatic carboxylic acids is 3. The van der Waals surface area contributed by atoms with E-state index in [-0.39, 0.29) is 5.92 Å². The molecule has 5 unspecified atom stereocenters. The summed E-state index contributed by atoms with van der Waals surface area (Å²) in [6.45, 7) is 6.60. The second-order valence-electron chi connectivity index (χ2n) is 7.80. The van der Waals surface area contributed by atoms with Crippen molar-refractivity contribution in [2.45, 2.75) is 71.1 Å². The Kier molecular flexibility index (Phi) is 11.9. The van der Waals surface area contributed by atoms with Crippen molar-refractivity contribution in [2.75, 3.05) is 0 Å². The molecule has 0 saturated carbocycles. The molecule has 0 aliphatic rings. The molecule has 13 heteroatoms. The standard InChI is InChI=1S/C19H32N4O9/c1-5-9(4)15(18(30)22-11(19(31)32)7-13(26)27)23-16(28)10(6-12(24)25)21-17(29)14(20)8(2)3/h8-11,14-15H,5-7,20H2,1-4H3,(H,21,29)(H,22,30)(H,23,28)(H,24,25)(H,26,27)(H,31,32). The lowest BCUT2D eigenvalue weighted by molar-refractivity contribution is -0.147. The van der Waals surface area contributed by atoms with Gasteiger partial charge in [0.1, 0.15) is 18.1 Å². The van der Waals surface area contributed by atoms with Crippen LogP contribution in [-0.4, -0.2) is 75.1 Å². The van der Waals surface area contributed by atoms with E-state index < -0.39 is 78.6 Å². The van der Waals surface area contributed by atoms with Crippen molar-refractivity contribution in [2.24, 2.45) is 17.6 Å². The van der Waals surface area contributed by atoms with Crippen LogP contribution in [0.4, 0.5) is 0 Å². The lowest BCUT2D eigenvalue weighted by Crippen LogP contribution is -2.59. The molecule has 0 rings (SSSR count). The van der Waals surface area contributed by atoms with Gasteiger partial charge in [-0.1, -0.05) is 34.1 Å². The van der Waals surface area contributed by atoms with Crippen molar-refractivity contribution in [3.05, 3.63) is 0 Å². The third-order valence-electron chi connectivity index (χ3n) is 4.82. The first-order valence-electron chi connectivity index (χ1n) is 10.0. The zero-order chi connectivity index (χ0) is 25.2. The topological polar surface area (TPSA) is 225 Å². The maximum Gasteiger partial charge on any atom is 0.326 e. The Hall–Kier alpha value is -3.22. The first-order valence-corrected chi connectivity index (χ1v) is 10.0. The van der Waals surface area contributed by atoms with E-state index in [4.69, 9.17) is 21.1 Å². The highest BCUT2D eigenvalue weighted by atomic mass is 16.4. The SMILES string of the molecule is CCC(C)C(NC(=O)C(CC(=O)O)NC(=O)C(N)C(C)C)C(=O)NC(CC(=O)O)C(=O)O. The number of hydrogen-bond donors (Lipinski definition) is 7. The molecule has 3 amide bonds. The minimum atomic E-state index is -1.73. The average molecular weight is 460 g/mol. The Morgan fingerprint density at radius 2 is 1.22 bits per heavy atom. The Morgan fingerprint density at radius 1 is 0.750 bits per heavy atom. The molecule has 0 bridgehead atoms. The molecule has 0 spiro atoms. The fraction of sp³-hybridized carbons (Fsp3) is 0.684. The van der Waals surface area contributed by atoms with Gasteiger partial charge in [0, 0.05) is 0 Å². The normalized spacial score (nSPS) is 15.6. The van der Waals surface area contributed by atoms with Crippen LogP contribution >= 0.6 is 0 Å². The van der Waals surface area contributed by atoms with Crippen LogP contribution in [0.3, 0.4) is 0 Å². The molecule has 0 fully saturated rings. The van der Waals surface area contributed by atoms with E-state index >= 15 is 0 Å². The first-order chi connectivity index (χ1) is 14.7. The molecular weight excluding hydrogens is 428 g/mol. The van der Waals surface area contributed by atoms with Gasteiger partial charge in [-0.2, -0.15) is 0 Å². The van der Waals surface area contributed by atoms with E-state index in [2.05, 4.69) is 16.0 Å². The van der Waals surface area contributed by atoms with E-state index in [0.717, 1.165) is 0 Å². The Labute approximate surface area is 185 Å². The number of carboxylic acids is 3. The first kappa shape index (κ1) is 28.8. The molecule has 0 aliphatic carbocycles. The summed E-state index contributed by atoms with van der Waals surface area (Å²) in [5, 5.41) is 33.7. The molecule has 8 N–H and O–H groups in total. The fourth-order valence-electron chi connectivity index (χ4n) is 2.55. The summed E-state index contributed by atoms with van der Waals surface area (Å²) in [5.74, 6) is -7.93. The predicted molar refractivity (Wildman–Crippen MR) is 110 cm³/mol. The van der Waals surface area contributed by atoms with Gasteiger partial charge in [-0.25, -0.2) is 4.79 Å². The van der Waals surface area contributed by atoms with Crippen LogP contribution in [0.2, 0.25) is 0 Å². The summed E-state index contributed by atoms with van der Waals surface area (Å²) in [5.41, 5.74) is 5.72. The van der Waals surface area contributed by atoms with Gasteiger partial charge in [0.2, 0.25) is 17.7 Å². The van der Waals surface area contributed by atoms with Crippen molar-refractivity contribution in [3.63, 3.8) is 0 Å². The van der Waals surface area contributed by atoms with Crippen molar-refractivity contribution in [3.8, 4) is 0 Å². The summed E-state index contributed by atoms with van der Waals surface area (Å²) in [4.78, 5) is 70.8. The number of carbonyl (C=O) groups is 6. The lowest BCUT2D eigenvalue weighted by atomic mass is 9.97. The monoisotopic (exact) mass is 460 g/mol. The van der Waals surface area contributed by atoms with Crippen molar-refractivity contribution < 1.29 is 44.1 Å². The third-order valence-corrected chi connectivity index (χ3v) is 4.82. The van der Waals surface area contributed by atoms with Crippen molar-refractivity contribution in [1.29, 1.82) is 0 Å². The summed E-state index contributed by atoms with van der Waals surface area (Å²) in [7, 11) is 0. The van der Waals surface area contributed by atoms with Crippen LogP contribution in [0.5, 0.6) is 0 Å². The number of rotatable bonds is 14. The van der Waals surface area contributed by atoms with Crippen LogP contribution in [0.1, 0.15) is 47.0 Å². The van der Waals surface area contributed by atoms with E-state index in [1.54, 1.807) is 27.7 Å². The molecule has 0 radical (unpaired) electrons. The van der Waals surface area contributed by atoms with Crippen molar-refractivity contribution in [1.82, 2.24) is 16.0 Å². The van der Waals surface area contributed by atoms with Crippen molar-refractivity contribution >= 4 is 35.6 Å². The summed E-state index contributed by atoms with van der Waals surface area (Å²) >= 11 is 0. The second kappa shape index (κ2) is 13.2. The molecule has 182 valence electrons. The van der Waals surface area contributed by atoms with Gasteiger partial charge in [-0.15, -0.1) is 0 Å². The van der Waals surface area contributed by atoms with Gasteiger partial charge in [-0.05, 0) is 11.8 Å². The van der Waals surface area contributed by atoms with Crippen LogP contribution in [0, 0.1) is 11.8 Å². The lowest BCUT2D eigenvalue weighted by Gasteiger charge is -2.27. The van der Waals surface area contributed by atoms with Gasteiger partial charge < -0.3 is 37.0 Å². The molecule has 13 nitrogen and oxygen atoms in total. The third kappa shape index (κ3) is 9.73. The van der Waals surface area contributed by atoms with Crippen LogP contribution < -0.4 is 21.7 Å². The maximum absolute atomic E-state index is 12.7. The Balaban J connectivity index is 5.61. The largest absolute Gasteiger partial charge is 0.481 e. The second-order valence-corrected chi connectivity index (χ2v) is 7.80. The summed E-state index contributed by atoms with van der Waals surface area (Å²) in [6.07, 6.45) is -1.30. The Bertz CT molecular complexity index is 726. The number of hydrogen-bond acceptors (Lipinski definition) is 7. The maximum atomic E-state index is 12.7.